The molecule has 0 bridgehead atoms. The summed E-state index contributed by atoms with van der Waals surface area (Å²) in [5, 5.41) is 3.80. The number of anilines is 3. The first-order valence-corrected chi connectivity index (χ1v) is 12.4. The lowest BCUT2D eigenvalue weighted by atomic mass is 10.1. The number of fused-ring (bicyclic) bond motifs is 1. The fraction of sp³-hybridized carbons (Fsp3) is 0.241. The van der Waals surface area contributed by atoms with Crippen LogP contribution in [-0.2, 0) is 11.3 Å². The summed E-state index contributed by atoms with van der Waals surface area (Å²) in [4.78, 5) is 28.1. The monoisotopic (exact) mass is 500 g/mol. The maximum absolute atomic E-state index is 12.5. The number of para-hydroxylation sites is 2. The number of carbonyl (C=O) groups is 2. The zero-order chi connectivity index (χ0) is 26.2. The Kier molecular flexibility index (Phi) is 8.43. The summed E-state index contributed by atoms with van der Waals surface area (Å²) in [6.45, 7) is 7.59. The van der Waals surface area contributed by atoms with Gasteiger partial charge in [0.05, 0.1) is 17.9 Å². The van der Waals surface area contributed by atoms with Gasteiger partial charge in [0.2, 0.25) is 12.3 Å². The van der Waals surface area contributed by atoms with Crippen LogP contribution in [0.5, 0.6) is 5.75 Å². The molecule has 1 heterocycles. The summed E-state index contributed by atoms with van der Waals surface area (Å²) in [5.41, 5.74) is 9.35. The highest BCUT2D eigenvalue weighted by atomic mass is 16.5. The van der Waals surface area contributed by atoms with E-state index < -0.39 is 0 Å². The van der Waals surface area contributed by atoms with E-state index in [0.29, 0.717) is 35.1 Å². The maximum atomic E-state index is 12.5. The summed E-state index contributed by atoms with van der Waals surface area (Å²) >= 11 is 0. The molecular weight excluding hydrogens is 468 g/mol. The number of benzene rings is 3. The molecule has 3 aromatic carbocycles. The van der Waals surface area contributed by atoms with E-state index in [1.807, 2.05) is 30.3 Å². The molecule has 192 valence electrons. The van der Waals surface area contributed by atoms with Crippen LogP contribution in [0, 0.1) is 0 Å². The van der Waals surface area contributed by atoms with E-state index in [-0.39, 0.29) is 12.5 Å². The molecule has 0 unspecified atom stereocenters. The summed E-state index contributed by atoms with van der Waals surface area (Å²) in [6.07, 6.45) is 0.744. The smallest absolute Gasteiger partial charge is 0.255 e. The minimum atomic E-state index is -0.262. The van der Waals surface area contributed by atoms with E-state index >= 15 is 0 Å². The lowest BCUT2D eigenvalue weighted by molar-refractivity contribution is -0.107. The van der Waals surface area contributed by atoms with Gasteiger partial charge in [0, 0.05) is 23.6 Å². The first kappa shape index (κ1) is 25.8. The first-order chi connectivity index (χ1) is 18.0. The second-order valence-electron chi connectivity index (χ2n) is 8.59. The Hall–Kier alpha value is -4.30. The number of hydrogen-bond donors (Lipinski definition) is 2. The van der Waals surface area contributed by atoms with Gasteiger partial charge in [-0.05, 0) is 61.1 Å². The Labute approximate surface area is 216 Å². The molecule has 0 spiro atoms. The number of amides is 2. The molecular formula is C29H32N4O4. The number of nitrogen functional groups attached to an aromatic ring is 1. The average molecular weight is 501 g/mol. The van der Waals surface area contributed by atoms with Gasteiger partial charge in [-0.3, -0.25) is 19.4 Å². The summed E-state index contributed by atoms with van der Waals surface area (Å²) in [5.74, 6) is 0.808. The predicted molar refractivity (Wildman–Crippen MR) is 147 cm³/mol. The lowest BCUT2D eigenvalue weighted by Crippen LogP contribution is -2.26. The fourth-order valence-electron chi connectivity index (χ4n) is 4.06. The number of ether oxygens (including phenoxy) is 1. The van der Waals surface area contributed by atoms with E-state index in [0.717, 1.165) is 42.6 Å². The Bertz CT molecular complexity index is 1350. The molecule has 0 aliphatic rings. The molecule has 0 radical (unpaired) electrons. The molecule has 8 nitrogen and oxygen atoms in total. The molecule has 0 fully saturated rings. The maximum Gasteiger partial charge on any atom is 0.255 e. The van der Waals surface area contributed by atoms with Crippen molar-refractivity contribution >= 4 is 40.5 Å². The summed E-state index contributed by atoms with van der Waals surface area (Å²) in [6, 6.07) is 21.8. The molecule has 0 saturated carbocycles. The van der Waals surface area contributed by atoms with Crippen LogP contribution in [0.1, 0.15) is 29.8 Å². The highest BCUT2D eigenvalue weighted by molar-refractivity contribution is 6.05. The predicted octanol–water partition coefficient (Wildman–Crippen LogP) is 5.15. The third kappa shape index (κ3) is 6.29. The van der Waals surface area contributed by atoms with Gasteiger partial charge in [-0.15, -0.1) is 0 Å². The van der Waals surface area contributed by atoms with Crippen LogP contribution >= 0.6 is 0 Å². The largest absolute Gasteiger partial charge is 0.492 e. The molecule has 0 aliphatic heterocycles. The van der Waals surface area contributed by atoms with Crippen molar-refractivity contribution in [2.45, 2.75) is 20.4 Å². The molecule has 0 saturated heterocycles. The van der Waals surface area contributed by atoms with Crippen molar-refractivity contribution in [3.63, 3.8) is 0 Å². The molecule has 4 aromatic rings. The zero-order valence-corrected chi connectivity index (χ0v) is 21.1. The van der Waals surface area contributed by atoms with Gasteiger partial charge in [-0.1, -0.05) is 38.1 Å². The van der Waals surface area contributed by atoms with Gasteiger partial charge in [-0.2, -0.15) is 0 Å². The Morgan fingerprint density at radius 2 is 1.78 bits per heavy atom. The van der Waals surface area contributed by atoms with E-state index in [1.165, 1.54) is 4.90 Å². The van der Waals surface area contributed by atoms with Crippen LogP contribution in [0.25, 0.3) is 11.0 Å². The lowest BCUT2D eigenvalue weighted by Gasteiger charge is -2.18. The van der Waals surface area contributed by atoms with E-state index in [9.17, 15) is 9.59 Å². The number of nitrogens with two attached hydrogens (primary N) is 1. The number of nitrogens with one attached hydrogen (secondary N) is 1. The Morgan fingerprint density at radius 1 is 1.03 bits per heavy atom. The van der Waals surface area contributed by atoms with Crippen molar-refractivity contribution in [1.82, 2.24) is 4.90 Å². The van der Waals surface area contributed by atoms with E-state index in [1.54, 1.807) is 36.4 Å². The zero-order valence-electron chi connectivity index (χ0n) is 21.1. The van der Waals surface area contributed by atoms with Crippen molar-refractivity contribution in [3.05, 3.63) is 83.9 Å². The van der Waals surface area contributed by atoms with Crippen molar-refractivity contribution in [3.8, 4) is 5.75 Å². The molecule has 2 amide bonds. The van der Waals surface area contributed by atoms with Crippen molar-refractivity contribution in [1.29, 1.82) is 0 Å². The number of carbonyl (C=O) groups excluding carboxylic acids is 2. The van der Waals surface area contributed by atoms with E-state index in [2.05, 4.69) is 30.1 Å². The SMILES string of the molecule is CCN(CC)Cc1cccc2oc(N(C=O)CCOc3ccc(C(=O)Nc4ccccc4N)cc3)cc12. The van der Waals surface area contributed by atoms with Gasteiger partial charge < -0.3 is 20.2 Å². The van der Waals surface area contributed by atoms with Crippen molar-refractivity contribution in [2.24, 2.45) is 0 Å². The minimum absolute atomic E-state index is 0.258. The quantitative estimate of drug-likeness (QED) is 0.206. The molecule has 37 heavy (non-hydrogen) atoms. The number of nitrogens with zero attached hydrogens (tertiary/aromatic N) is 2. The van der Waals surface area contributed by atoms with Crippen molar-refractivity contribution in [2.75, 3.05) is 42.2 Å². The first-order valence-electron chi connectivity index (χ1n) is 12.4. The van der Waals surface area contributed by atoms with Gasteiger partial charge >= 0.3 is 0 Å². The average Bonchev–Trinajstić information content (AvgIpc) is 3.36. The second kappa shape index (κ2) is 12.1. The van der Waals surface area contributed by atoms with Crippen LogP contribution < -0.4 is 20.7 Å². The standard InChI is InChI=1S/C29H32N4O4/c1-3-32(4-2)19-22-8-7-11-27-24(22)18-28(37-27)33(20-34)16-17-36-23-14-12-21(13-15-23)29(35)31-26-10-6-5-9-25(26)30/h5-15,18,20H,3-4,16-17,19,30H2,1-2H3,(H,31,35). The third-order valence-electron chi connectivity index (χ3n) is 6.26. The van der Waals surface area contributed by atoms with Gasteiger partial charge in [0.25, 0.3) is 5.91 Å². The van der Waals surface area contributed by atoms with E-state index in [4.69, 9.17) is 14.9 Å². The number of hydrogen-bond acceptors (Lipinski definition) is 6. The van der Waals surface area contributed by atoms with Crippen LogP contribution in [0.2, 0.25) is 0 Å². The Morgan fingerprint density at radius 3 is 2.49 bits per heavy atom. The normalized spacial score (nSPS) is 11.0. The van der Waals surface area contributed by atoms with Crippen LogP contribution in [0.15, 0.2) is 77.2 Å². The molecule has 3 N–H and O–H groups in total. The molecule has 0 atom stereocenters. The van der Waals surface area contributed by atoms with Crippen LogP contribution in [0.4, 0.5) is 17.3 Å². The molecule has 8 heteroatoms. The third-order valence-corrected chi connectivity index (χ3v) is 6.26. The van der Waals surface area contributed by atoms with Crippen LogP contribution in [0.3, 0.4) is 0 Å². The number of furan rings is 1. The Balaban J connectivity index is 1.35. The van der Waals surface area contributed by atoms with Gasteiger partial charge in [-0.25, -0.2) is 0 Å². The molecule has 0 aliphatic carbocycles. The summed E-state index contributed by atoms with van der Waals surface area (Å²) in [7, 11) is 0. The second-order valence-corrected chi connectivity index (χ2v) is 8.59. The number of rotatable bonds is 12. The van der Waals surface area contributed by atoms with Crippen LogP contribution in [-0.4, -0.2) is 43.5 Å². The molecule has 1 aromatic heterocycles. The topological polar surface area (TPSA) is 101 Å². The van der Waals surface area contributed by atoms with Crippen molar-refractivity contribution < 1.29 is 18.7 Å². The summed E-state index contributed by atoms with van der Waals surface area (Å²) < 4.78 is 11.8. The van der Waals surface area contributed by atoms with Gasteiger partial charge in [0.1, 0.15) is 17.9 Å². The van der Waals surface area contributed by atoms with Gasteiger partial charge in [0.15, 0.2) is 0 Å². The minimum Gasteiger partial charge on any atom is -0.492 e. The molecule has 4 rings (SSSR count). The highest BCUT2D eigenvalue weighted by Gasteiger charge is 2.15. The highest BCUT2D eigenvalue weighted by Crippen LogP contribution is 2.29. The fourth-order valence-corrected chi connectivity index (χ4v) is 4.06.